The average molecular weight is 277 g/mol. The van der Waals surface area contributed by atoms with Crippen molar-refractivity contribution in [3.63, 3.8) is 0 Å². The summed E-state index contributed by atoms with van der Waals surface area (Å²) in [5, 5.41) is 5.60. The van der Waals surface area contributed by atoms with E-state index in [-0.39, 0.29) is 29.9 Å². The highest BCUT2D eigenvalue weighted by atomic mass is 35.5. The maximum absolute atomic E-state index is 12.9. The molecule has 1 saturated heterocycles. The van der Waals surface area contributed by atoms with Crippen LogP contribution in [0.15, 0.2) is 18.2 Å². The summed E-state index contributed by atoms with van der Waals surface area (Å²) in [6.07, 6.45) is 0. The maximum atomic E-state index is 12.9. The fraction of sp³-hybridized carbons (Fsp3) is 0.417. The van der Waals surface area contributed by atoms with E-state index >= 15 is 0 Å². The van der Waals surface area contributed by atoms with Crippen LogP contribution in [0.25, 0.3) is 0 Å². The van der Waals surface area contributed by atoms with E-state index in [2.05, 4.69) is 10.6 Å². The van der Waals surface area contributed by atoms with Crippen molar-refractivity contribution < 1.29 is 13.6 Å². The summed E-state index contributed by atoms with van der Waals surface area (Å²) in [6.45, 7) is 3.44. The molecule has 18 heavy (non-hydrogen) atoms. The first-order chi connectivity index (χ1) is 8.06. The fourth-order valence-corrected chi connectivity index (χ4v) is 1.76. The number of halogens is 3. The summed E-state index contributed by atoms with van der Waals surface area (Å²) in [7, 11) is 0. The Morgan fingerprint density at radius 1 is 1.33 bits per heavy atom. The summed E-state index contributed by atoms with van der Waals surface area (Å²) in [6, 6.07) is 2.98. The van der Waals surface area contributed by atoms with E-state index < -0.39 is 11.6 Å². The molecule has 1 amide bonds. The standard InChI is InChI=1S/C12H14F2N2O.ClH/c1-7(8-5-15-6-8)12(17)16-11-3-9(13)2-10(14)4-11;/h2-4,7-8,15H,5-6H2,1H3,(H,16,17);1H. The van der Waals surface area contributed by atoms with Crippen LogP contribution in [0.1, 0.15) is 6.92 Å². The average Bonchev–Trinajstić information content (AvgIpc) is 2.12. The zero-order chi connectivity index (χ0) is 12.4. The largest absolute Gasteiger partial charge is 0.326 e. The van der Waals surface area contributed by atoms with Gasteiger partial charge < -0.3 is 10.6 Å². The Labute approximate surface area is 110 Å². The monoisotopic (exact) mass is 276 g/mol. The van der Waals surface area contributed by atoms with Crippen LogP contribution >= 0.6 is 12.4 Å². The minimum Gasteiger partial charge on any atom is -0.326 e. The van der Waals surface area contributed by atoms with Gasteiger partial charge >= 0.3 is 0 Å². The molecule has 0 aromatic heterocycles. The molecule has 100 valence electrons. The van der Waals surface area contributed by atoms with Crippen molar-refractivity contribution in [2.45, 2.75) is 6.92 Å². The SMILES string of the molecule is CC(C(=O)Nc1cc(F)cc(F)c1)C1CNC1.Cl. The molecule has 6 heteroatoms. The summed E-state index contributed by atoms with van der Waals surface area (Å²) in [5.74, 6) is -1.46. The first kappa shape index (κ1) is 14.9. The first-order valence-corrected chi connectivity index (χ1v) is 5.54. The van der Waals surface area contributed by atoms with Crippen molar-refractivity contribution in [1.29, 1.82) is 0 Å². The molecule has 1 unspecified atom stereocenters. The molecule has 2 rings (SSSR count). The van der Waals surface area contributed by atoms with Gasteiger partial charge in [-0.05, 0) is 31.1 Å². The van der Waals surface area contributed by atoms with E-state index in [1.54, 1.807) is 0 Å². The van der Waals surface area contributed by atoms with Crippen molar-refractivity contribution in [2.24, 2.45) is 11.8 Å². The van der Waals surface area contributed by atoms with Crippen LogP contribution in [0, 0.1) is 23.5 Å². The Bertz CT molecular complexity index is 418. The van der Waals surface area contributed by atoms with Crippen molar-refractivity contribution in [3.8, 4) is 0 Å². The molecule has 1 aromatic rings. The number of nitrogens with one attached hydrogen (secondary N) is 2. The van der Waals surface area contributed by atoms with Crippen LogP contribution in [0.5, 0.6) is 0 Å². The molecule has 3 nitrogen and oxygen atoms in total. The highest BCUT2D eigenvalue weighted by Gasteiger charge is 2.28. The molecule has 0 bridgehead atoms. The normalized spacial score (nSPS) is 16.4. The van der Waals surface area contributed by atoms with Gasteiger partial charge in [-0.1, -0.05) is 6.92 Å². The molecular formula is C12H15ClF2N2O. The third kappa shape index (κ3) is 3.40. The van der Waals surface area contributed by atoms with Gasteiger partial charge in [0.05, 0.1) is 0 Å². The quantitative estimate of drug-likeness (QED) is 0.888. The predicted octanol–water partition coefficient (Wildman–Crippen LogP) is 2.18. The molecule has 2 N–H and O–H groups in total. The van der Waals surface area contributed by atoms with Crippen LogP contribution in [0.2, 0.25) is 0 Å². The Kier molecular flexibility index (Phi) is 5.04. The topological polar surface area (TPSA) is 41.1 Å². The van der Waals surface area contributed by atoms with E-state index in [9.17, 15) is 13.6 Å². The molecule has 0 aliphatic carbocycles. The highest BCUT2D eigenvalue weighted by Crippen LogP contribution is 2.19. The summed E-state index contributed by atoms with van der Waals surface area (Å²) >= 11 is 0. The second-order valence-corrected chi connectivity index (χ2v) is 4.35. The Morgan fingerprint density at radius 3 is 2.33 bits per heavy atom. The molecule has 1 heterocycles. The van der Waals surface area contributed by atoms with Gasteiger partial charge in [-0.15, -0.1) is 12.4 Å². The zero-order valence-electron chi connectivity index (χ0n) is 9.87. The zero-order valence-corrected chi connectivity index (χ0v) is 10.7. The van der Waals surface area contributed by atoms with E-state index in [1.807, 2.05) is 6.92 Å². The lowest BCUT2D eigenvalue weighted by molar-refractivity contribution is -0.121. The Morgan fingerprint density at radius 2 is 1.89 bits per heavy atom. The molecule has 1 aliphatic heterocycles. The fourth-order valence-electron chi connectivity index (χ4n) is 1.76. The van der Waals surface area contributed by atoms with Crippen molar-refractivity contribution in [1.82, 2.24) is 5.32 Å². The van der Waals surface area contributed by atoms with Gasteiger partial charge in [0.2, 0.25) is 5.91 Å². The lowest BCUT2D eigenvalue weighted by atomic mass is 9.88. The van der Waals surface area contributed by atoms with E-state index in [0.29, 0.717) is 5.92 Å². The van der Waals surface area contributed by atoms with Crippen molar-refractivity contribution in [2.75, 3.05) is 18.4 Å². The number of rotatable bonds is 3. The molecule has 1 aliphatic rings. The lowest BCUT2D eigenvalue weighted by Crippen LogP contribution is -2.48. The second-order valence-electron chi connectivity index (χ2n) is 4.35. The third-order valence-corrected chi connectivity index (χ3v) is 3.06. The molecule has 1 fully saturated rings. The van der Waals surface area contributed by atoms with Gasteiger partial charge in [-0.2, -0.15) is 0 Å². The van der Waals surface area contributed by atoms with Gasteiger partial charge in [0.1, 0.15) is 11.6 Å². The molecular weight excluding hydrogens is 262 g/mol. The number of carbonyl (C=O) groups excluding carboxylic acids is 1. The summed E-state index contributed by atoms with van der Waals surface area (Å²) in [5.41, 5.74) is 0.159. The number of hydrogen-bond donors (Lipinski definition) is 2. The summed E-state index contributed by atoms with van der Waals surface area (Å²) in [4.78, 5) is 11.8. The van der Waals surface area contributed by atoms with Gasteiger partial charge in [-0.25, -0.2) is 8.78 Å². The van der Waals surface area contributed by atoms with Crippen LogP contribution in [-0.2, 0) is 4.79 Å². The van der Waals surface area contributed by atoms with Crippen LogP contribution in [-0.4, -0.2) is 19.0 Å². The smallest absolute Gasteiger partial charge is 0.227 e. The Hall–Kier alpha value is -1.20. The first-order valence-electron chi connectivity index (χ1n) is 5.54. The third-order valence-electron chi connectivity index (χ3n) is 3.06. The Balaban J connectivity index is 0.00000162. The predicted molar refractivity (Wildman–Crippen MR) is 67.8 cm³/mol. The molecule has 0 spiro atoms. The van der Waals surface area contributed by atoms with Crippen LogP contribution in [0.3, 0.4) is 0 Å². The van der Waals surface area contributed by atoms with E-state index in [4.69, 9.17) is 0 Å². The van der Waals surface area contributed by atoms with E-state index in [0.717, 1.165) is 31.3 Å². The molecule has 0 saturated carbocycles. The van der Waals surface area contributed by atoms with Crippen molar-refractivity contribution in [3.05, 3.63) is 29.8 Å². The van der Waals surface area contributed by atoms with E-state index in [1.165, 1.54) is 0 Å². The van der Waals surface area contributed by atoms with Gasteiger partial charge in [0.25, 0.3) is 0 Å². The van der Waals surface area contributed by atoms with Gasteiger partial charge in [-0.3, -0.25) is 4.79 Å². The number of anilines is 1. The van der Waals surface area contributed by atoms with Gasteiger partial charge in [0, 0.05) is 17.7 Å². The molecule has 1 atom stereocenters. The number of amides is 1. The van der Waals surface area contributed by atoms with Crippen LogP contribution < -0.4 is 10.6 Å². The van der Waals surface area contributed by atoms with Gasteiger partial charge in [0.15, 0.2) is 0 Å². The van der Waals surface area contributed by atoms with Crippen LogP contribution in [0.4, 0.5) is 14.5 Å². The molecule has 0 radical (unpaired) electrons. The number of benzene rings is 1. The summed E-state index contributed by atoms with van der Waals surface area (Å²) < 4.78 is 25.8. The minimum absolute atomic E-state index is 0. The maximum Gasteiger partial charge on any atom is 0.227 e. The second kappa shape index (κ2) is 6.11. The van der Waals surface area contributed by atoms with Crippen molar-refractivity contribution >= 4 is 24.0 Å². The minimum atomic E-state index is -0.696. The highest BCUT2D eigenvalue weighted by molar-refractivity contribution is 5.92. The lowest BCUT2D eigenvalue weighted by Gasteiger charge is -2.31. The number of hydrogen-bond acceptors (Lipinski definition) is 2. The molecule has 1 aromatic carbocycles. The number of carbonyl (C=O) groups is 1.